The van der Waals surface area contributed by atoms with Crippen LogP contribution >= 0.6 is 15.9 Å². The maximum absolute atomic E-state index is 9.85. The fourth-order valence-corrected chi connectivity index (χ4v) is 3.92. The zero-order valence-corrected chi connectivity index (χ0v) is 13.8. The molecule has 1 aliphatic carbocycles. The molecule has 3 aromatic rings. The van der Waals surface area contributed by atoms with Crippen LogP contribution in [0.1, 0.15) is 29.7 Å². The average molecular weight is 357 g/mol. The maximum atomic E-state index is 9.85. The number of aliphatic hydroxyl groups is 1. The van der Waals surface area contributed by atoms with Crippen molar-refractivity contribution in [3.8, 4) is 11.3 Å². The zero-order valence-electron chi connectivity index (χ0n) is 12.2. The lowest BCUT2D eigenvalue weighted by Gasteiger charge is -2.16. The van der Waals surface area contributed by atoms with E-state index in [1.807, 2.05) is 22.6 Å². The number of hydrogen-bond donors (Lipinski definition) is 1. The minimum atomic E-state index is -0.0315. The first kappa shape index (κ1) is 14.0. The number of aliphatic hydroxyl groups excluding tert-OH is 1. The predicted molar refractivity (Wildman–Crippen MR) is 90.9 cm³/mol. The highest BCUT2D eigenvalue weighted by atomic mass is 79.9. The summed E-state index contributed by atoms with van der Waals surface area (Å²) in [7, 11) is 0. The largest absolute Gasteiger partial charge is 0.390 e. The number of aryl methyl sites for hydroxylation is 2. The quantitative estimate of drug-likeness (QED) is 0.700. The molecule has 4 rings (SSSR count). The highest BCUT2D eigenvalue weighted by Gasteiger charge is 2.17. The summed E-state index contributed by atoms with van der Waals surface area (Å²) in [6.07, 6.45) is 4.88. The van der Waals surface area contributed by atoms with E-state index in [9.17, 15) is 5.11 Å². The van der Waals surface area contributed by atoms with Gasteiger partial charge in [0.1, 0.15) is 5.65 Å². The highest BCUT2D eigenvalue weighted by molar-refractivity contribution is 9.10. The Balaban J connectivity index is 1.92. The van der Waals surface area contributed by atoms with Crippen molar-refractivity contribution in [1.29, 1.82) is 0 Å². The Labute approximate surface area is 137 Å². The van der Waals surface area contributed by atoms with Gasteiger partial charge in [0.05, 0.1) is 22.6 Å². The van der Waals surface area contributed by atoms with Crippen LogP contribution < -0.4 is 0 Å². The Morgan fingerprint density at radius 3 is 2.73 bits per heavy atom. The van der Waals surface area contributed by atoms with Gasteiger partial charge in [-0.05, 0) is 70.9 Å². The molecule has 0 unspecified atom stereocenters. The van der Waals surface area contributed by atoms with Crippen molar-refractivity contribution < 1.29 is 5.11 Å². The third kappa shape index (κ3) is 2.18. The van der Waals surface area contributed by atoms with Gasteiger partial charge < -0.3 is 5.11 Å². The summed E-state index contributed by atoms with van der Waals surface area (Å²) in [5, 5.41) is 9.85. The molecule has 0 aliphatic heterocycles. The molecule has 22 heavy (non-hydrogen) atoms. The van der Waals surface area contributed by atoms with E-state index in [0.29, 0.717) is 0 Å². The van der Waals surface area contributed by atoms with E-state index < -0.39 is 0 Å². The number of benzene rings is 1. The molecule has 0 fully saturated rings. The Hall–Kier alpha value is -1.65. The van der Waals surface area contributed by atoms with Crippen molar-refractivity contribution >= 4 is 21.6 Å². The molecule has 2 aromatic heterocycles. The van der Waals surface area contributed by atoms with Gasteiger partial charge in [-0.15, -0.1) is 0 Å². The van der Waals surface area contributed by atoms with Gasteiger partial charge in [-0.25, -0.2) is 4.98 Å². The summed E-state index contributed by atoms with van der Waals surface area (Å²) in [6, 6.07) is 12.5. The van der Waals surface area contributed by atoms with Gasteiger partial charge in [0.2, 0.25) is 0 Å². The Morgan fingerprint density at radius 2 is 1.91 bits per heavy atom. The molecule has 0 saturated heterocycles. The Morgan fingerprint density at radius 1 is 1.09 bits per heavy atom. The molecular weight excluding hydrogens is 340 g/mol. The number of rotatable bonds is 2. The molecule has 0 amide bonds. The standard InChI is InChI=1S/C18H17BrN2O/c19-16-6-3-7-17-20-18(15(11-22)21(16)17)14-9-8-12-4-1-2-5-13(12)10-14/h3,6-10,22H,1-2,4-5,11H2. The number of nitrogens with zero attached hydrogens (tertiary/aromatic N) is 2. The second-order valence-electron chi connectivity index (χ2n) is 5.80. The third-order valence-corrected chi connectivity index (χ3v) is 5.08. The molecule has 0 radical (unpaired) electrons. The number of halogens is 1. The zero-order chi connectivity index (χ0) is 15.1. The van der Waals surface area contributed by atoms with Gasteiger partial charge in [0.25, 0.3) is 0 Å². The number of hydrogen-bond acceptors (Lipinski definition) is 2. The van der Waals surface area contributed by atoms with Crippen molar-refractivity contribution in [2.24, 2.45) is 0 Å². The number of pyridine rings is 1. The van der Waals surface area contributed by atoms with Gasteiger partial charge in [0.15, 0.2) is 0 Å². The van der Waals surface area contributed by atoms with Gasteiger partial charge in [0, 0.05) is 5.56 Å². The second-order valence-corrected chi connectivity index (χ2v) is 6.61. The first-order valence-corrected chi connectivity index (χ1v) is 8.46. The lowest BCUT2D eigenvalue weighted by molar-refractivity contribution is 0.276. The minimum absolute atomic E-state index is 0.0315. The molecular formula is C18H17BrN2O. The number of imidazole rings is 1. The lowest BCUT2D eigenvalue weighted by atomic mass is 9.90. The lowest BCUT2D eigenvalue weighted by Crippen LogP contribution is -2.02. The molecule has 0 spiro atoms. The molecule has 3 nitrogen and oxygen atoms in total. The van der Waals surface area contributed by atoms with Crippen molar-refractivity contribution in [2.75, 3.05) is 0 Å². The van der Waals surface area contributed by atoms with E-state index in [2.05, 4.69) is 34.1 Å². The van der Waals surface area contributed by atoms with Crippen LogP contribution in [0, 0.1) is 0 Å². The summed E-state index contributed by atoms with van der Waals surface area (Å²) in [5.41, 5.74) is 6.56. The van der Waals surface area contributed by atoms with E-state index in [-0.39, 0.29) is 6.61 Å². The van der Waals surface area contributed by atoms with Crippen molar-refractivity contribution in [2.45, 2.75) is 32.3 Å². The number of fused-ring (bicyclic) bond motifs is 2. The van der Waals surface area contributed by atoms with Crippen LogP contribution in [0.25, 0.3) is 16.9 Å². The van der Waals surface area contributed by atoms with Crippen molar-refractivity contribution in [3.63, 3.8) is 0 Å². The molecule has 4 heteroatoms. The second kappa shape index (κ2) is 5.52. The molecule has 1 aromatic carbocycles. The van der Waals surface area contributed by atoms with Gasteiger partial charge >= 0.3 is 0 Å². The predicted octanol–water partition coefficient (Wildman–Crippen LogP) is 4.13. The highest BCUT2D eigenvalue weighted by Crippen LogP contribution is 2.31. The van der Waals surface area contributed by atoms with E-state index in [1.54, 1.807) is 0 Å². The summed E-state index contributed by atoms with van der Waals surface area (Å²) in [4.78, 5) is 4.74. The molecule has 112 valence electrons. The van der Waals surface area contributed by atoms with Crippen LogP contribution in [-0.2, 0) is 19.4 Å². The summed E-state index contributed by atoms with van der Waals surface area (Å²) >= 11 is 3.55. The van der Waals surface area contributed by atoms with E-state index in [1.165, 1.54) is 30.4 Å². The third-order valence-electron chi connectivity index (χ3n) is 4.46. The normalized spacial score (nSPS) is 14.3. The first-order chi connectivity index (χ1) is 10.8. The molecule has 0 bridgehead atoms. The molecule has 2 heterocycles. The molecule has 0 atom stereocenters. The van der Waals surface area contributed by atoms with E-state index in [4.69, 9.17) is 4.98 Å². The van der Waals surface area contributed by atoms with Gasteiger partial charge in [-0.1, -0.05) is 18.2 Å². The monoisotopic (exact) mass is 356 g/mol. The van der Waals surface area contributed by atoms with Crippen LogP contribution in [-0.4, -0.2) is 14.5 Å². The SMILES string of the molecule is OCc1c(-c2ccc3c(c2)CCCC3)nc2cccc(Br)n12. The summed E-state index contributed by atoms with van der Waals surface area (Å²) in [5.74, 6) is 0. The van der Waals surface area contributed by atoms with Crippen molar-refractivity contribution in [3.05, 3.63) is 57.8 Å². The van der Waals surface area contributed by atoms with Crippen LogP contribution in [0.2, 0.25) is 0 Å². The smallest absolute Gasteiger partial charge is 0.138 e. The first-order valence-electron chi connectivity index (χ1n) is 7.67. The van der Waals surface area contributed by atoms with Gasteiger partial charge in [-0.3, -0.25) is 4.40 Å². The van der Waals surface area contributed by atoms with Crippen LogP contribution in [0.3, 0.4) is 0 Å². The summed E-state index contributed by atoms with van der Waals surface area (Å²) in [6.45, 7) is -0.0315. The van der Waals surface area contributed by atoms with Gasteiger partial charge in [-0.2, -0.15) is 0 Å². The Bertz CT molecular complexity index is 854. The Kier molecular flexibility index (Phi) is 3.51. The average Bonchev–Trinajstić information content (AvgIpc) is 2.94. The van der Waals surface area contributed by atoms with E-state index >= 15 is 0 Å². The minimum Gasteiger partial charge on any atom is -0.390 e. The fourth-order valence-electron chi connectivity index (χ4n) is 3.37. The topological polar surface area (TPSA) is 37.5 Å². The van der Waals surface area contributed by atoms with Crippen LogP contribution in [0.5, 0.6) is 0 Å². The molecule has 1 N–H and O–H groups in total. The van der Waals surface area contributed by atoms with Crippen LogP contribution in [0.4, 0.5) is 0 Å². The molecule has 0 saturated carbocycles. The fraction of sp³-hybridized carbons (Fsp3) is 0.278. The number of aromatic nitrogens is 2. The summed E-state index contributed by atoms with van der Waals surface area (Å²) < 4.78 is 2.88. The molecule has 1 aliphatic rings. The van der Waals surface area contributed by atoms with Crippen LogP contribution in [0.15, 0.2) is 41.0 Å². The maximum Gasteiger partial charge on any atom is 0.138 e. The van der Waals surface area contributed by atoms with Crippen molar-refractivity contribution in [1.82, 2.24) is 9.38 Å². The van der Waals surface area contributed by atoms with E-state index in [0.717, 1.165) is 33.6 Å².